The van der Waals surface area contributed by atoms with Crippen molar-refractivity contribution in [1.29, 1.82) is 0 Å². The first-order valence-corrected chi connectivity index (χ1v) is 7.77. The van der Waals surface area contributed by atoms with Crippen LogP contribution in [0.1, 0.15) is 11.1 Å². The van der Waals surface area contributed by atoms with Gasteiger partial charge in [0.1, 0.15) is 17.6 Å². The number of hydrogen-bond donors (Lipinski definition) is 1. The van der Waals surface area contributed by atoms with Crippen molar-refractivity contribution >= 4 is 11.9 Å². The van der Waals surface area contributed by atoms with Crippen LogP contribution in [0, 0.1) is 5.82 Å². The maximum absolute atomic E-state index is 12.9. The molecule has 0 fully saturated rings. The summed E-state index contributed by atoms with van der Waals surface area (Å²) >= 11 is 0. The van der Waals surface area contributed by atoms with Gasteiger partial charge in [-0.05, 0) is 29.3 Å². The van der Waals surface area contributed by atoms with Gasteiger partial charge in [0, 0.05) is 6.42 Å². The number of halogens is 1. The second-order valence-electron chi connectivity index (χ2n) is 5.46. The fourth-order valence-corrected chi connectivity index (χ4v) is 2.46. The molecule has 2 aromatic rings. The molecule has 0 heterocycles. The molecule has 1 amide bonds. The Morgan fingerprint density at radius 1 is 1.08 bits per heavy atom. The molecular weight excluding hydrogens is 325 g/mol. The predicted octanol–water partition coefficient (Wildman–Crippen LogP) is 2.28. The van der Waals surface area contributed by atoms with E-state index in [-0.39, 0.29) is 24.6 Å². The van der Waals surface area contributed by atoms with Crippen LogP contribution in [0.15, 0.2) is 48.5 Å². The van der Waals surface area contributed by atoms with Crippen molar-refractivity contribution in [3.63, 3.8) is 0 Å². The Labute approximate surface area is 145 Å². The number of benzene rings is 2. The number of rotatable bonds is 7. The lowest BCUT2D eigenvalue weighted by molar-refractivity contribution is -0.145. The van der Waals surface area contributed by atoms with Crippen molar-refractivity contribution in [3.8, 4) is 5.75 Å². The van der Waals surface area contributed by atoms with E-state index >= 15 is 0 Å². The second kappa shape index (κ2) is 8.82. The van der Waals surface area contributed by atoms with Gasteiger partial charge >= 0.3 is 5.97 Å². The molecule has 0 aromatic heterocycles. The highest BCUT2D eigenvalue weighted by Crippen LogP contribution is 2.19. The maximum Gasteiger partial charge on any atom is 0.328 e. The van der Waals surface area contributed by atoms with E-state index < -0.39 is 12.0 Å². The van der Waals surface area contributed by atoms with Crippen molar-refractivity contribution in [2.45, 2.75) is 18.9 Å². The smallest absolute Gasteiger partial charge is 0.328 e. The number of nitrogens with one attached hydrogen (secondary N) is 1. The van der Waals surface area contributed by atoms with Crippen molar-refractivity contribution < 1.29 is 23.5 Å². The Hall–Kier alpha value is -2.89. The summed E-state index contributed by atoms with van der Waals surface area (Å²) in [5.41, 5.74) is 1.43. The molecule has 0 aliphatic rings. The molecular formula is C19H20FNO4. The number of ether oxygens (including phenoxy) is 2. The van der Waals surface area contributed by atoms with Gasteiger partial charge < -0.3 is 14.8 Å². The third-order valence-electron chi connectivity index (χ3n) is 3.72. The molecule has 0 aliphatic heterocycles. The van der Waals surface area contributed by atoms with E-state index in [0.717, 1.165) is 5.56 Å². The highest BCUT2D eigenvalue weighted by molar-refractivity contribution is 5.85. The molecule has 0 bridgehead atoms. The van der Waals surface area contributed by atoms with Gasteiger partial charge in [0.15, 0.2) is 0 Å². The van der Waals surface area contributed by atoms with Crippen LogP contribution in [-0.2, 0) is 27.2 Å². The van der Waals surface area contributed by atoms with E-state index in [9.17, 15) is 14.0 Å². The van der Waals surface area contributed by atoms with Gasteiger partial charge in [0.25, 0.3) is 0 Å². The largest absolute Gasteiger partial charge is 0.496 e. The lowest BCUT2D eigenvalue weighted by atomic mass is 10.0. The van der Waals surface area contributed by atoms with Crippen LogP contribution in [0.2, 0.25) is 0 Å². The molecule has 2 rings (SSSR count). The molecule has 0 spiro atoms. The van der Waals surface area contributed by atoms with Crippen LogP contribution in [0.5, 0.6) is 5.75 Å². The number of esters is 1. The van der Waals surface area contributed by atoms with Gasteiger partial charge in [-0.15, -0.1) is 0 Å². The zero-order valence-electron chi connectivity index (χ0n) is 14.1. The molecule has 2 aromatic carbocycles. The van der Waals surface area contributed by atoms with E-state index in [1.807, 2.05) is 18.2 Å². The fraction of sp³-hybridized carbons (Fsp3) is 0.263. The maximum atomic E-state index is 12.9. The van der Waals surface area contributed by atoms with Gasteiger partial charge in [-0.3, -0.25) is 4.79 Å². The Morgan fingerprint density at radius 2 is 1.76 bits per heavy atom. The van der Waals surface area contributed by atoms with Gasteiger partial charge in [0.05, 0.1) is 20.6 Å². The molecule has 25 heavy (non-hydrogen) atoms. The summed E-state index contributed by atoms with van der Waals surface area (Å²) in [6, 6.07) is 12.0. The predicted molar refractivity (Wildman–Crippen MR) is 90.7 cm³/mol. The first-order valence-electron chi connectivity index (χ1n) is 7.77. The Kier molecular flexibility index (Phi) is 6.51. The first-order chi connectivity index (χ1) is 12.0. The zero-order valence-corrected chi connectivity index (χ0v) is 14.1. The molecule has 132 valence electrons. The Morgan fingerprint density at radius 3 is 2.40 bits per heavy atom. The number of methoxy groups -OCH3 is 2. The van der Waals surface area contributed by atoms with Crippen LogP contribution < -0.4 is 10.1 Å². The van der Waals surface area contributed by atoms with Crippen molar-refractivity contribution in [1.82, 2.24) is 5.32 Å². The minimum atomic E-state index is -0.839. The number of amides is 1. The van der Waals surface area contributed by atoms with Gasteiger partial charge in [0.2, 0.25) is 5.91 Å². The summed E-state index contributed by atoms with van der Waals surface area (Å²) in [5, 5.41) is 2.67. The zero-order chi connectivity index (χ0) is 18.2. The monoisotopic (exact) mass is 345 g/mol. The summed E-state index contributed by atoms with van der Waals surface area (Å²) in [4.78, 5) is 24.3. The summed E-state index contributed by atoms with van der Waals surface area (Å²) < 4.78 is 23.0. The third-order valence-corrected chi connectivity index (χ3v) is 3.72. The molecule has 0 aliphatic carbocycles. The average molecular weight is 345 g/mol. The van der Waals surface area contributed by atoms with Gasteiger partial charge in [-0.1, -0.05) is 30.3 Å². The van der Waals surface area contributed by atoms with Crippen LogP contribution in [0.4, 0.5) is 4.39 Å². The third kappa shape index (κ3) is 5.31. The van der Waals surface area contributed by atoms with E-state index in [0.29, 0.717) is 11.3 Å². The van der Waals surface area contributed by atoms with Crippen molar-refractivity contribution in [2.24, 2.45) is 0 Å². The molecule has 0 saturated heterocycles. The highest BCUT2D eigenvalue weighted by atomic mass is 19.1. The normalized spacial score (nSPS) is 11.5. The van der Waals surface area contributed by atoms with E-state index in [1.54, 1.807) is 13.2 Å². The quantitative estimate of drug-likeness (QED) is 0.782. The molecule has 0 radical (unpaired) electrons. The lowest BCUT2D eigenvalue weighted by Gasteiger charge is -2.18. The molecule has 0 saturated carbocycles. The summed E-state index contributed by atoms with van der Waals surface area (Å²) in [5.74, 6) is -0.632. The summed E-state index contributed by atoms with van der Waals surface area (Å²) in [7, 11) is 2.81. The van der Waals surface area contributed by atoms with Crippen LogP contribution in [-0.4, -0.2) is 32.1 Å². The number of carbonyl (C=O) groups is 2. The Bertz CT molecular complexity index is 730. The lowest BCUT2D eigenvalue weighted by Crippen LogP contribution is -2.43. The molecule has 5 nitrogen and oxygen atoms in total. The number of carbonyl (C=O) groups excluding carboxylic acids is 2. The SMILES string of the molecule is COC(=O)[C@@H](Cc1ccccc1OC)NC(=O)Cc1ccc(F)cc1. The fourth-order valence-electron chi connectivity index (χ4n) is 2.46. The molecule has 1 atom stereocenters. The van der Waals surface area contributed by atoms with Crippen LogP contribution >= 0.6 is 0 Å². The minimum Gasteiger partial charge on any atom is -0.496 e. The standard InChI is InChI=1S/C19H20FNO4/c1-24-17-6-4-3-5-14(17)12-16(19(23)25-2)21-18(22)11-13-7-9-15(20)10-8-13/h3-10,16H,11-12H2,1-2H3,(H,21,22)/t16-/m1/s1. The van der Waals surface area contributed by atoms with Crippen LogP contribution in [0.25, 0.3) is 0 Å². The average Bonchev–Trinajstić information content (AvgIpc) is 2.62. The second-order valence-corrected chi connectivity index (χ2v) is 5.46. The molecule has 6 heteroatoms. The van der Waals surface area contributed by atoms with Gasteiger partial charge in [-0.2, -0.15) is 0 Å². The number of hydrogen-bond acceptors (Lipinski definition) is 4. The molecule has 0 unspecified atom stereocenters. The summed E-state index contributed by atoms with van der Waals surface area (Å²) in [6.07, 6.45) is 0.283. The van der Waals surface area contributed by atoms with Crippen LogP contribution in [0.3, 0.4) is 0 Å². The topological polar surface area (TPSA) is 64.6 Å². The molecule has 1 N–H and O–H groups in total. The first kappa shape index (κ1) is 18.4. The number of para-hydroxylation sites is 1. The minimum absolute atomic E-state index is 0.0414. The van der Waals surface area contributed by atoms with Crippen molar-refractivity contribution in [2.75, 3.05) is 14.2 Å². The summed E-state index contributed by atoms with van der Waals surface area (Å²) in [6.45, 7) is 0. The highest BCUT2D eigenvalue weighted by Gasteiger charge is 2.23. The van der Waals surface area contributed by atoms with E-state index in [1.165, 1.54) is 31.4 Å². The van der Waals surface area contributed by atoms with E-state index in [4.69, 9.17) is 9.47 Å². The van der Waals surface area contributed by atoms with E-state index in [2.05, 4.69) is 5.32 Å². The Balaban J connectivity index is 2.08. The van der Waals surface area contributed by atoms with Gasteiger partial charge in [-0.25, -0.2) is 9.18 Å². The van der Waals surface area contributed by atoms with Crippen molar-refractivity contribution in [3.05, 3.63) is 65.5 Å².